The summed E-state index contributed by atoms with van der Waals surface area (Å²) in [5.41, 5.74) is 0.802. The van der Waals surface area contributed by atoms with Crippen LogP contribution in [-0.4, -0.2) is 17.5 Å². The van der Waals surface area contributed by atoms with Crippen molar-refractivity contribution in [2.75, 3.05) is 7.05 Å². The van der Waals surface area contributed by atoms with Crippen LogP contribution in [0.15, 0.2) is 18.2 Å². The molecule has 0 saturated carbocycles. The van der Waals surface area contributed by atoms with Crippen molar-refractivity contribution in [2.45, 2.75) is 32.9 Å². The normalized spacial score (nSPS) is 12.2. The maximum Gasteiger partial charge on any atom is 0.159 e. The molecule has 0 saturated heterocycles. The zero-order chi connectivity index (χ0) is 11.6. The Balaban J connectivity index is 2.78. The molecule has 0 aliphatic carbocycles. The van der Waals surface area contributed by atoms with Crippen LogP contribution in [0.3, 0.4) is 0 Å². The second kappa shape index (κ2) is 4.27. The van der Waals surface area contributed by atoms with Gasteiger partial charge in [0.25, 0.3) is 0 Å². The maximum absolute atomic E-state index is 12.9. The number of benzene rings is 1. The fourth-order valence-electron chi connectivity index (χ4n) is 1.15. The number of nitrogens with zero attached hydrogens (tertiary/aromatic N) is 1. The molecule has 1 aromatic rings. The first-order chi connectivity index (χ1) is 6.80. The predicted octanol–water partition coefficient (Wildman–Crippen LogP) is 3.20. The second-order valence-electron chi connectivity index (χ2n) is 4.78. The van der Waals surface area contributed by atoms with Crippen LogP contribution in [0.4, 0.5) is 8.78 Å². The highest BCUT2D eigenvalue weighted by atomic mass is 19.2. The largest absolute Gasteiger partial charge is 0.297 e. The van der Waals surface area contributed by atoms with Gasteiger partial charge < -0.3 is 0 Å². The van der Waals surface area contributed by atoms with Crippen LogP contribution in [0.1, 0.15) is 26.3 Å². The Morgan fingerprint density at radius 2 is 1.73 bits per heavy atom. The molecular weight excluding hydrogens is 196 g/mol. The van der Waals surface area contributed by atoms with Crippen LogP contribution in [-0.2, 0) is 6.54 Å². The van der Waals surface area contributed by atoms with Gasteiger partial charge in [-0.05, 0) is 45.5 Å². The van der Waals surface area contributed by atoms with Crippen LogP contribution in [0.2, 0.25) is 0 Å². The van der Waals surface area contributed by atoms with E-state index in [9.17, 15) is 8.78 Å². The zero-order valence-electron chi connectivity index (χ0n) is 9.64. The van der Waals surface area contributed by atoms with Gasteiger partial charge in [0.15, 0.2) is 11.6 Å². The summed E-state index contributed by atoms with van der Waals surface area (Å²) in [6.45, 7) is 6.84. The molecule has 0 N–H and O–H groups in total. The summed E-state index contributed by atoms with van der Waals surface area (Å²) in [5.74, 6) is -1.58. The molecular formula is C12H17F2N. The molecule has 0 amide bonds. The maximum atomic E-state index is 12.9. The summed E-state index contributed by atoms with van der Waals surface area (Å²) >= 11 is 0. The van der Waals surface area contributed by atoms with Gasteiger partial charge in [-0.2, -0.15) is 0 Å². The van der Waals surface area contributed by atoms with Crippen molar-refractivity contribution < 1.29 is 8.78 Å². The molecule has 15 heavy (non-hydrogen) atoms. The highest BCUT2D eigenvalue weighted by Crippen LogP contribution is 2.16. The Kier molecular flexibility index (Phi) is 3.45. The molecule has 0 fully saturated rings. The highest BCUT2D eigenvalue weighted by Gasteiger charge is 2.17. The molecule has 1 nitrogen and oxygen atoms in total. The Bertz CT molecular complexity index is 342. The summed E-state index contributed by atoms with van der Waals surface area (Å²) in [7, 11) is 1.96. The van der Waals surface area contributed by atoms with E-state index >= 15 is 0 Å². The van der Waals surface area contributed by atoms with Gasteiger partial charge in [-0.1, -0.05) is 6.07 Å². The van der Waals surface area contributed by atoms with Crippen LogP contribution in [0.25, 0.3) is 0 Å². The highest BCUT2D eigenvalue weighted by molar-refractivity contribution is 5.17. The molecule has 0 radical (unpaired) electrons. The molecule has 1 rings (SSSR count). The molecule has 0 aliphatic heterocycles. The van der Waals surface area contributed by atoms with Gasteiger partial charge in [-0.15, -0.1) is 0 Å². The van der Waals surface area contributed by atoms with Gasteiger partial charge in [0.05, 0.1) is 0 Å². The monoisotopic (exact) mass is 213 g/mol. The van der Waals surface area contributed by atoms with Crippen molar-refractivity contribution >= 4 is 0 Å². The minimum atomic E-state index is -0.794. The van der Waals surface area contributed by atoms with Gasteiger partial charge >= 0.3 is 0 Å². The van der Waals surface area contributed by atoms with E-state index in [0.717, 1.165) is 5.56 Å². The Labute approximate surface area is 89.7 Å². The molecule has 84 valence electrons. The lowest BCUT2D eigenvalue weighted by Crippen LogP contribution is -2.37. The third kappa shape index (κ3) is 3.27. The fourth-order valence-corrected chi connectivity index (χ4v) is 1.15. The van der Waals surface area contributed by atoms with Crippen molar-refractivity contribution in [2.24, 2.45) is 0 Å². The number of hydrogen-bond donors (Lipinski definition) is 0. The van der Waals surface area contributed by atoms with E-state index in [0.29, 0.717) is 6.54 Å². The topological polar surface area (TPSA) is 3.24 Å². The van der Waals surface area contributed by atoms with Gasteiger partial charge in [0.2, 0.25) is 0 Å². The van der Waals surface area contributed by atoms with Crippen molar-refractivity contribution in [1.29, 1.82) is 0 Å². The predicted molar refractivity (Wildman–Crippen MR) is 57.6 cm³/mol. The van der Waals surface area contributed by atoms with Crippen LogP contribution < -0.4 is 0 Å². The third-order valence-electron chi connectivity index (χ3n) is 2.55. The fraction of sp³-hybridized carbons (Fsp3) is 0.500. The average Bonchev–Trinajstić information content (AvgIpc) is 2.10. The van der Waals surface area contributed by atoms with E-state index in [-0.39, 0.29) is 5.54 Å². The molecule has 0 atom stereocenters. The molecule has 0 bridgehead atoms. The second-order valence-corrected chi connectivity index (χ2v) is 4.78. The molecule has 3 heteroatoms. The Hall–Kier alpha value is -0.960. The Morgan fingerprint density at radius 1 is 1.13 bits per heavy atom. The van der Waals surface area contributed by atoms with Gasteiger partial charge in [-0.3, -0.25) is 4.90 Å². The lowest BCUT2D eigenvalue weighted by Gasteiger charge is -2.31. The van der Waals surface area contributed by atoms with Crippen molar-refractivity contribution in [3.05, 3.63) is 35.4 Å². The van der Waals surface area contributed by atoms with E-state index in [1.807, 2.05) is 7.05 Å². The summed E-state index contributed by atoms with van der Waals surface area (Å²) in [5, 5.41) is 0. The minimum Gasteiger partial charge on any atom is -0.297 e. The standard InChI is InChI=1S/C12H17F2N/c1-12(2,3)15(4)8-9-5-6-10(13)11(14)7-9/h5-7H,8H2,1-4H3. The molecule has 0 aromatic heterocycles. The molecule has 0 spiro atoms. The first-order valence-electron chi connectivity index (χ1n) is 4.96. The summed E-state index contributed by atoms with van der Waals surface area (Å²) in [6.07, 6.45) is 0. The Morgan fingerprint density at radius 3 is 2.20 bits per heavy atom. The lowest BCUT2D eigenvalue weighted by atomic mass is 10.1. The van der Waals surface area contributed by atoms with Gasteiger partial charge in [-0.25, -0.2) is 8.78 Å². The van der Waals surface area contributed by atoms with Crippen molar-refractivity contribution in [3.8, 4) is 0 Å². The third-order valence-corrected chi connectivity index (χ3v) is 2.55. The minimum absolute atomic E-state index is 0.0187. The van der Waals surface area contributed by atoms with Crippen LogP contribution in [0, 0.1) is 11.6 Å². The average molecular weight is 213 g/mol. The van der Waals surface area contributed by atoms with Crippen LogP contribution >= 0.6 is 0 Å². The number of hydrogen-bond acceptors (Lipinski definition) is 1. The first-order valence-corrected chi connectivity index (χ1v) is 4.96. The smallest absolute Gasteiger partial charge is 0.159 e. The van der Waals surface area contributed by atoms with E-state index < -0.39 is 11.6 Å². The zero-order valence-corrected chi connectivity index (χ0v) is 9.64. The molecule has 1 aromatic carbocycles. The number of rotatable bonds is 2. The van der Waals surface area contributed by atoms with Gasteiger partial charge in [0.1, 0.15) is 0 Å². The molecule has 0 aliphatic rings. The lowest BCUT2D eigenvalue weighted by molar-refractivity contribution is 0.167. The summed E-state index contributed by atoms with van der Waals surface area (Å²) in [4.78, 5) is 2.08. The molecule has 0 heterocycles. The first kappa shape index (κ1) is 12.1. The summed E-state index contributed by atoms with van der Waals surface area (Å²) < 4.78 is 25.6. The number of halogens is 2. The molecule has 0 unspecified atom stereocenters. The van der Waals surface area contributed by atoms with E-state index in [2.05, 4.69) is 25.7 Å². The summed E-state index contributed by atoms with van der Waals surface area (Å²) in [6, 6.07) is 4.03. The van der Waals surface area contributed by atoms with Gasteiger partial charge in [0, 0.05) is 12.1 Å². The SMILES string of the molecule is CN(Cc1ccc(F)c(F)c1)C(C)(C)C. The van der Waals surface area contributed by atoms with Crippen molar-refractivity contribution in [3.63, 3.8) is 0 Å². The van der Waals surface area contributed by atoms with Crippen LogP contribution in [0.5, 0.6) is 0 Å². The van der Waals surface area contributed by atoms with Crippen molar-refractivity contribution in [1.82, 2.24) is 4.90 Å². The van der Waals surface area contributed by atoms with E-state index in [1.54, 1.807) is 6.07 Å². The quantitative estimate of drug-likeness (QED) is 0.729. The van der Waals surface area contributed by atoms with E-state index in [1.165, 1.54) is 12.1 Å². The van der Waals surface area contributed by atoms with E-state index in [4.69, 9.17) is 0 Å².